The van der Waals surface area contributed by atoms with Gasteiger partial charge in [0.2, 0.25) is 5.91 Å². The SMILES string of the molecule is CN1CCc2nc(NC(=O)c3csc(NC(=O)Cc4ccccc4)n3)sc2C1. The summed E-state index contributed by atoms with van der Waals surface area (Å²) in [5.41, 5.74) is 2.25. The molecular formula is C19H19N5O2S2. The van der Waals surface area contributed by atoms with Crippen LogP contribution in [0.4, 0.5) is 10.3 Å². The second-order valence-electron chi connectivity index (χ2n) is 6.58. The Bertz CT molecular complexity index is 999. The topological polar surface area (TPSA) is 87.2 Å². The summed E-state index contributed by atoms with van der Waals surface area (Å²) in [5, 5.41) is 8.20. The summed E-state index contributed by atoms with van der Waals surface area (Å²) >= 11 is 2.73. The molecule has 0 atom stereocenters. The Balaban J connectivity index is 1.36. The smallest absolute Gasteiger partial charge is 0.276 e. The second kappa shape index (κ2) is 8.17. The first-order chi connectivity index (χ1) is 13.6. The zero-order chi connectivity index (χ0) is 19.5. The number of benzene rings is 1. The molecule has 0 fully saturated rings. The van der Waals surface area contributed by atoms with Crippen molar-refractivity contribution < 1.29 is 9.59 Å². The van der Waals surface area contributed by atoms with Gasteiger partial charge in [0, 0.05) is 29.8 Å². The van der Waals surface area contributed by atoms with Gasteiger partial charge in [-0.3, -0.25) is 14.9 Å². The normalized spacial score (nSPS) is 13.8. The Labute approximate surface area is 170 Å². The summed E-state index contributed by atoms with van der Waals surface area (Å²) < 4.78 is 0. The molecule has 9 heteroatoms. The van der Waals surface area contributed by atoms with Crippen molar-refractivity contribution in [3.63, 3.8) is 0 Å². The number of nitrogens with zero attached hydrogens (tertiary/aromatic N) is 3. The van der Waals surface area contributed by atoms with Crippen LogP contribution < -0.4 is 10.6 Å². The molecule has 0 saturated heterocycles. The summed E-state index contributed by atoms with van der Waals surface area (Å²) in [6, 6.07) is 9.48. The first-order valence-corrected chi connectivity index (χ1v) is 10.5. The molecule has 28 heavy (non-hydrogen) atoms. The maximum absolute atomic E-state index is 12.5. The van der Waals surface area contributed by atoms with Crippen LogP contribution in [-0.4, -0.2) is 40.3 Å². The fourth-order valence-corrected chi connectivity index (χ4v) is 4.71. The fourth-order valence-electron chi connectivity index (χ4n) is 2.92. The number of amides is 2. The first kappa shape index (κ1) is 18.7. The molecule has 0 bridgehead atoms. The Kier molecular flexibility index (Phi) is 5.47. The van der Waals surface area contributed by atoms with E-state index in [1.54, 1.807) is 5.38 Å². The lowest BCUT2D eigenvalue weighted by atomic mass is 10.1. The van der Waals surface area contributed by atoms with Crippen molar-refractivity contribution in [2.45, 2.75) is 19.4 Å². The van der Waals surface area contributed by atoms with E-state index in [-0.39, 0.29) is 23.9 Å². The van der Waals surface area contributed by atoms with Crippen LogP contribution in [0, 0.1) is 0 Å². The van der Waals surface area contributed by atoms with Gasteiger partial charge in [0.1, 0.15) is 5.69 Å². The standard InChI is InChI=1S/C19H19N5O2S2/c1-24-8-7-13-15(10-24)28-19(20-13)23-17(26)14-11-27-18(21-14)22-16(25)9-12-5-3-2-4-6-12/h2-6,11H,7-10H2,1H3,(H,20,23,26)(H,21,22,25). The van der Waals surface area contributed by atoms with E-state index < -0.39 is 0 Å². The molecular weight excluding hydrogens is 394 g/mol. The minimum Gasteiger partial charge on any atom is -0.302 e. The molecule has 7 nitrogen and oxygen atoms in total. The van der Waals surface area contributed by atoms with Crippen LogP contribution in [0.5, 0.6) is 0 Å². The maximum atomic E-state index is 12.5. The van der Waals surface area contributed by atoms with Gasteiger partial charge in [0.15, 0.2) is 10.3 Å². The molecule has 0 unspecified atom stereocenters. The molecule has 0 radical (unpaired) electrons. The zero-order valence-electron chi connectivity index (χ0n) is 15.3. The van der Waals surface area contributed by atoms with Crippen molar-refractivity contribution in [3.05, 3.63) is 57.5 Å². The van der Waals surface area contributed by atoms with Gasteiger partial charge in [-0.15, -0.1) is 22.7 Å². The number of thiazole rings is 2. The van der Waals surface area contributed by atoms with Gasteiger partial charge in [-0.1, -0.05) is 30.3 Å². The van der Waals surface area contributed by atoms with E-state index in [9.17, 15) is 9.59 Å². The molecule has 1 aliphatic heterocycles. The number of carbonyl (C=O) groups excluding carboxylic acids is 2. The zero-order valence-corrected chi connectivity index (χ0v) is 16.9. The monoisotopic (exact) mass is 413 g/mol. The highest BCUT2D eigenvalue weighted by Gasteiger charge is 2.20. The van der Waals surface area contributed by atoms with Gasteiger partial charge < -0.3 is 10.2 Å². The molecule has 144 valence electrons. The van der Waals surface area contributed by atoms with Gasteiger partial charge in [-0.2, -0.15) is 0 Å². The van der Waals surface area contributed by atoms with E-state index in [4.69, 9.17) is 0 Å². The van der Waals surface area contributed by atoms with Crippen molar-refractivity contribution >= 4 is 44.8 Å². The lowest BCUT2D eigenvalue weighted by Crippen LogP contribution is -2.25. The van der Waals surface area contributed by atoms with Crippen LogP contribution in [0.15, 0.2) is 35.7 Å². The van der Waals surface area contributed by atoms with E-state index >= 15 is 0 Å². The number of aromatic nitrogens is 2. The van der Waals surface area contributed by atoms with E-state index in [2.05, 4.69) is 32.5 Å². The van der Waals surface area contributed by atoms with Crippen molar-refractivity contribution in [2.24, 2.45) is 0 Å². The third-order valence-electron chi connectivity index (χ3n) is 4.33. The van der Waals surface area contributed by atoms with Crippen LogP contribution in [0.25, 0.3) is 0 Å². The number of likely N-dealkylation sites (N-methyl/N-ethyl adjacent to an activating group) is 1. The molecule has 2 aromatic heterocycles. The quantitative estimate of drug-likeness (QED) is 0.671. The van der Waals surface area contributed by atoms with Crippen LogP contribution in [0.1, 0.15) is 26.6 Å². The van der Waals surface area contributed by atoms with E-state index in [1.165, 1.54) is 27.6 Å². The molecule has 0 spiro atoms. The van der Waals surface area contributed by atoms with Crippen molar-refractivity contribution in [1.82, 2.24) is 14.9 Å². The Hall–Kier alpha value is -2.62. The van der Waals surface area contributed by atoms with Crippen LogP contribution >= 0.6 is 22.7 Å². The summed E-state index contributed by atoms with van der Waals surface area (Å²) in [4.78, 5) is 36.8. The van der Waals surface area contributed by atoms with E-state index in [0.717, 1.165) is 30.8 Å². The van der Waals surface area contributed by atoms with Crippen molar-refractivity contribution in [2.75, 3.05) is 24.2 Å². The van der Waals surface area contributed by atoms with E-state index in [0.29, 0.717) is 10.3 Å². The van der Waals surface area contributed by atoms with Crippen LogP contribution in [-0.2, 0) is 24.2 Å². The highest BCUT2D eigenvalue weighted by Crippen LogP contribution is 2.28. The number of hydrogen-bond donors (Lipinski definition) is 2. The maximum Gasteiger partial charge on any atom is 0.276 e. The summed E-state index contributed by atoms with van der Waals surface area (Å²) in [6.07, 6.45) is 1.16. The predicted octanol–water partition coefficient (Wildman–Crippen LogP) is 3.02. The summed E-state index contributed by atoms with van der Waals surface area (Å²) in [7, 11) is 2.07. The third kappa shape index (κ3) is 4.44. The molecule has 3 aromatic rings. The number of carbonyl (C=O) groups is 2. The van der Waals surface area contributed by atoms with Crippen LogP contribution in [0.3, 0.4) is 0 Å². The summed E-state index contributed by atoms with van der Waals surface area (Å²) in [6.45, 7) is 1.83. The number of nitrogens with one attached hydrogen (secondary N) is 2. The number of anilines is 2. The molecule has 3 heterocycles. The van der Waals surface area contributed by atoms with Gasteiger partial charge in [0.05, 0.1) is 12.1 Å². The summed E-state index contributed by atoms with van der Waals surface area (Å²) in [5.74, 6) is -0.483. The third-order valence-corrected chi connectivity index (χ3v) is 6.09. The van der Waals surface area contributed by atoms with Gasteiger partial charge in [-0.05, 0) is 12.6 Å². The minimum absolute atomic E-state index is 0.163. The van der Waals surface area contributed by atoms with Gasteiger partial charge in [-0.25, -0.2) is 9.97 Å². The van der Waals surface area contributed by atoms with Gasteiger partial charge >= 0.3 is 0 Å². The largest absolute Gasteiger partial charge is 0.302 e. The lowest BCUT2D eigenvalue weighted by Gasteiger charge is -2.20. The number of fused-ring (bicyclic) bond motifs is 1. The molecule has 0 saturated carbocycles. The molecule has 1 aromatic carbocycles. The predicted molar refractivity (Wildman–Crippen MR) is 111 cm³/mol. The molecule has 1 aliphatic rings. The average molecular weight is 414 g/mol. The molecule has 4 rings (SSSR count). The fraction of sp³-hybridized carbons (Fsp3) is 0.263. The van der Waals surface area contributed by atoms with Crippen LogP contribution in [0.2, 0.25) is 0 Å². The molecule has 2 amide bonds. The Morgan fingerprint density at radius 2 is 1.96 bits per heavy atom. The average Bonchev–Trinajstić information content (AvgIpc) is 3.28. The van der Waals surface area contributed by atoms with Crippen molar-refractivity contribution in [3.8, 4) is 0 Å². The lowest BCUT2D eigenvalue weighted by molar-refractivity contribution is -0.115. The number of rotatable bonds is 5. The minimum atomic E-state index is -0.320. The van der Waals surface area contributed by atoms with Crippen molar-refractivity contribution in [1.29, 1.82) is 0 Å². The van der Waals surface area contributed by atoms with Gasteiger partial charge in [0.25, 0.3) is 5.91 Å². The highest BCUT2D eigenvalue weighted by molar-refractivity contribution is 7.16. The first-order valence-electron chi connectivity index (χ1n) is 8.84. The number of hydrogen-bond acceptors (Lipinski definition) is 7. The second-order valence-corrected chi connectivity index (χ2v) is 8.52. The molecule has 2 N–H and O–H groups in total. The Morgan fingerprint density at radius 1 is 1.14 bits per heavy atom. The highest BCUT2D eigenvalue weighted by atomic mass is 32.1. The molecule has 0 aliphatic carbocycles. The Morgan fingerprint density at radius 3 is 2.79 bits per heavy atom. The van der Waals surface area contributed by atoms with E-state index in [1.807, 2.05) is 30.3 Å².